The van der Waals surface area contributed by atoms with Gasteiger partial charge in [0.2, 0.25) is 0 Å². The molecule has 0 fully saturated rings. The van der Waals surface area contributed by atoms with Crippen LogP contribution in [0.4, 0.5) is 0 Å². The maximum Gasteiger partial charge on any atom is 0.260 e. The van der Waals surface area contributed by atoms with Crippen molar-refractivity contribution in [1.82, 2.24) is 9.13 Å². The van der Waals surface area contributed by atoms with Crippen molar-refractivity contribution in [2.75, 3.05) is 0 Å². The van der Waals surface area contributed by atoms with Gasteiger partial charge in [-0.05, 0) is 91.8 Å². The lowest BCUT2D eigenvalue weighted by atomic mass is 9.34. The van der Waals surface area contributed by atoms with E-state index in [1.165, 1.54) is 53.3 Å². The van der Waals surface area contributed by atoms with Crippen LogP contribution in [0.2, 0.25) is 0 Å². The molecule has 0 N–H and O–H groups in total. The van der Waals surface area contributed by atoms with Crippen LogP contribution < -0.4 is 46.6 Å². The Morgan fingerprint density at radius 1 is 0.361 bits per heavy atom. The molecule has 2 aromatic heterocycles. The number of nitrogens with zero attached hydrogens (tertiary/aromatic N) is 2. The van der Waals surface area contributed by atoms with Crippen molar-refractivity contribution in [3.63, 3.8) is 0 Å². The Balaban J connectivity index is 1.08. The van der Waals surface area contributed by atoms with E-state index in [1.54, 1.807) is 0 Å². The summed E-state index contributed by atoms with van der Waals surface area (Å²) in [7, 11) is -2.95. The monoisotopic (exact) mass is 934 g/mol. The first-order chi connectivity index (χ1) is 35.8. The summed E-state index contributed by atoms with van der Waals surface area (Å²) >= 11 is 0. The molecule has 0 saturated carbocycles. The zero-order valence-electron chi connectivity index (χ0n) is 39.1. The molecule has 0 unspecified atom stereocenters. The third kappa shape index (κ3) is 5.81. The summed E-state index contributed by atoms with van der Waals surface area (Å²) in [5.74, 6) is 3.37. The highest BCUT2D eigenvalue weighted by molar-refractivity contribution is 7.20. The van der Waals surface area contributed by atoms with Crippen molar-refractivity contribution >= 4 is 95.5 Å². The van der Waals surface area contributed by atoms with Gasteiger partial charge in [0, 0.05) is 38.3 Å². The van der Waals surface area contributed by atoms with Gasteiger partial charge in [0.05, 0.1) is 27.8 Å². The predicted molar refractivity (Wildman–Crippen MR) is 302 cm³/mol. The number of hydrogen-bond donors (Lipinski definition) is 0. The second-order valence-electron chi connectivity index (χ2n) is 19.0. The molecule has 0 atom stereocenters. The van der Waals surface area contributed by atoms with E-state index in [0.717, 1.165) is 72.9 Å². The van der Waals surface area contributed by atoms with Crippen LogP contribution in [-0.4, -0.2) is 23.9 Å². The van der Waals surface area contributed by atoms with Crippen LogP contribution in [-0.2, 0) is 0 Å². The minimum atomic E-state index is -2.95. The molecule has 0 aliphatic carbocycles. The van der Waals surface area contributed by atoms with Gasteiger partial charge in [0.25, 0.3) is 6.71 Å². The van der Waals surface area contributed by atoms with Crippen molar-refractivity contribution in [2.24, 2.45) is 0 Å². The first-order valence-corrected chi connectivity index (χ1v) is 26.8. The van der Waals surface area contributed by atoms with Gasteiger partial charge in [-0.1, -0.05) is 206 Å². The minimum absolute atomic E-state index is 0.105. The van der Waals surface area contributed by atoms with E-state index >= 15 is 0 Å². The SMILES string of the molecule is c1ccc(-n2c3ccccc3c3ccc4c(c5ccccc5n4-c4ccc5c(c4-c4cccc([Si](c6ccccc6)(c6ccccc6)c6ccccc6)c4)Oc4cccc6c4B5c4ccccc4O6)c32)cc1. The van der Waals surface area contributed by atoms with Crippen LogP contribution >= 0.6 is 0 Å². The molecule has 0 amide bonds. The maximum absolute atomic E-state index is 7.47. The third-order valence-corrected chi connectivity index (χ3v) is 20.2. The van der Waals surface area contributed by atoms with E-state index in [9.17, 15) is 0 Å². The molecule has 0 bridgehead atoms. The van der Waals surface area contributed by atoms with Gasteiger partial charge in [0.1, 0.15) is 23.0 Å². The van der Waals surface area contributed by atoms with E-state index in [0.29, 0.717) is 0 Å². The van der Waals surface area contributed by atoms with Crippen LogP contribution in [0, 0.1) is 0 Å². The Morgan fingerprint density at radius 3 is 1.62 bits per heavy atom. The lowest BCUT2D eigenvalue weighted by Gasteiger charge is -2.35. The van der Waals surface area contributed by atoms with Gasteiger partial charge in [-0.3, -0.25) is 0 Å². The van der Waals surface area contributed by atoms with Crippen LogP contribution in [0.15, 0.2) is 261 Å². The highest BCUT2D eigenvalue weighted by Crippen LogP contribution is 2.46. The standard InChI is InChI=1S/C66H43BN2O2Si/c1-5-22-45(23-6-1)68-55-34-16-13-31-50(55)51-39-41-58-63(65(51)68)52-32-14-17-35-56(52)69(58)57-42-40-54-66(71-61-38-20-37-60-64(61)67(54)53-33-15-18-36-59(53)70-60)62(57)44-21-19-30-49(43-44)72(46-24-7-2-8-25-46,47-26-9-3-10-27-47)48-28-11-4-12-29-48/h1-43H. The number of fused-ring (bicyclic) bond motifs is 11. The van der Waals surface area contributed by atoms with Crippen LogP contribution in [0.1, 0.15) is 0 Å². The molecule has 72 heavy (non-hydrogen) atoms. The fourth-order valence-corrected chi connectivity index (χ4v) is 17.3. The molecule has 0 saturated heterocycles. The van der Waals surface area contributed by atoms with Gasteiger partial charge < -0.3 is 18.6 Å². The van der Waals surface area contributed by atoms with E-state index < -0.39 is 8.07 Å². The lowest BCUT2D eigenvalue weighted by Crippen LogP contribution is -2.74. The van der Waals surface area contributed by atoms with E-state index in [1.807, 2.05) is 0 Å². The molecule has 6 heteroatoms. The number of rotatable bonds is 7. The molecule has 15 rings (SSSR count). The highest BCUT2D eigenvalue weighted by Gasteiger charge is 2.44. The van der Waals surface area contributed by atoms with Gasteiger partial charge >= 0.3 is 0 Å². The summed E-state index contributed by atoms with van der Waals surface area (Å²) in [5, 5.41) is 10.1. The lowest BCUT2D eigenvalue weighted by molar-refractivity contribution is 0.465. The normalized spacial score (nSPS) is 12.6. The first kappa shape index (κ1) is 40.8. The number of hydrogen-bond acceptors (Lipinski definition) is 2. The van der Waals surface area contributed by atoms with Crippen molar-refractivity contribution in [2.45, 2.75) is 0 Å². The molecule has 4 nitrogen and oxygen atoms in total. The highest BCUT2D eigenvalue weighted by atomic mass is 28.3. The summed E-state index contributed by atoms with van der Waals surface area (Å²) in [4.78, 5) is 0. The number of benzene rings is 11. The van der Waals surface area contributed by atoms with Crippen LogP contribution in [0.5, 0.6) is 23.0 Å². The Labute approximate surface area is 418 Å². The maximum atomic E-state index is 7.47. The van der Waals surface area contributed by atoms with Gasteiger partial charge in [-0.25, -0.2) is 0 Å². The Bertz CT molecular complexity index is 4190. The molecule has 336 valence electrons. The Kier molecular flexibility index (Phi) is 9.04. The Hall–Kier alpha value is -9.10. The molecule has 11 aromatic carbocycles. The fraction of sp³-hybridized carbons (Fsp3) is 0. The van der Waals surface area contributed by atoms with Gasteiger partial charge in [-0.2, -0.15) is 0 Å². The molecular formula is C66H43BN2O2Si. The topological polar surface area (TPSA) is 28.3 Å². The summed E-state index contributed by atoms with van der Waals surface area (Å²) in [5.41, 5.74) is 12.2. The first-order valence-electron chi connectivity index (χ1n) is 24.8. The molecule has 2 aliphatic rings. The fourth-order valence-electron chi connectivity index (χ4n) is 12.5. The van der Waals surface area contributed by atoms with Crippen molar-refractivity contribution < 1.29 is 9.47 Å². The van der Waals surface area contributed by atoms with Crippen molar-refractivity contribution in [1.29, 1.82) is 0 Å². The van der Waals surface area contributed by atoms with Gasteiger partial charge in [-0.15, -0.1) is 0 Å². The second kappa shape index (κ2) is 16.0. The quantitative estimate of drug-likeness (QED) is 0.118. The second-order valence-corrected chi connectivity index (χ2v) is 22.9. The zero-order chi connectivity index (χ0) is 47.3. The third-order valence-electron chi connectivity index (χ3n) is 15.4. The van der Waals surface area contributed by atoms with Gasteiger partial charge in [0.15, 0.2) is 8.07 Å². The van der Waals surface area contributed by atoms with Crippen molar-refractivity contribution in [3.05, 3.63) is 261 Å². The van der Waals surface area contributed by atoms with E-state index in [-0.39, 0.29) is 6.71 Å². The average Bonchev–Trinajstić information content (AvgIpc) is 3.97. The predicted octanol–water partition coefficient (Wildman–Crippen LogP) is 11.7. The largest absolute Gasteiger partial charge is 0.458 e. The molecule has 0 radical (unpaired) electrons. The summed E-state index contributed by atoms with van der Waals surface area (Å²) in [6, 6.07) is 95.6. The molecule has 2 aliphatic heterocycles. The van der Waals surface area contributed by atoms with Crippen LogP contribution in [0.3, 0.4) is 0 Å². The summed E-state index contributed by atoms with van der Waals surface area (Å²) in [6.45, 7) is -0.105. The number of aromatic nitrogens is 2. The molecule has 4 heterocycles. The van der Waals surface area contributed by atoms with E-state index in [2.05, 4.69) is 270 Å². The number of ether oxygens (including phenoxy) is 2. The van der Waals surface area contributed by atoms with E-state index in [4.69, 9.17) is 9.47 Å². The molecular weight excluding hydrogens is 892 g/mol. The minimum Gasteiger partial charge on any atom is -0.458 e. The molecule has 13 aromatic rings. The number of para-hydroxylation sites is 4. The van der Waals surface area contributed by atoms with Crippen LogP contribution in [0.25, 0.3) is 66.1 Å². The Morgan fingerprint density at radius 2 is 0.917 bits per heavy atom. The zero-order valence-corrected chi connectivity index (χ0v) is 40.1. The summed E-state index contributed by atoms with van der Waals surface area (Å²) < 4.78 is 19.1. The molecule has 0 spiro atoms. The summed E-state index contributed by atoms with van der Waals surface area (Å²) in [6.07, 6.45) is 0. The smallest absolute Gasteiger partial charge is 0.260 e. The average molecular weight is 935 g/mol. The van der Waals surface area contributed by atoms with Crippen molar-refractivity contribution in [3.8, 4) is 45.5 Å².